The van der Waals surface area contributed by atoms with Crippen LogP contribution in [0, 0.1) is 5.92 Å². The number of carbonyl (C=O) groups excluding carboxylic acids is 1. The highest BCUT2D eigenvalue weighted by Crippen LogP contribution is 2.28. The number of carbonyl (C=O) groups is 2. The van der Waals surface area contributed by atoms with Gasteiger partial charge in [-0.2, -0.15) is 0 Å². The maximum atomic E-state index is 12.6. The molecular weight excluding hydrogens is 278 g/mol. The average Bonchev–Trinajstić information content (AvgIpc) is 2.96. The monoisotopic (exact) mass is 303 g/mol. The Morgan fingerprint density at radius 1 is 1.23 bits per heavy atom. The number of rotatable bonds is 5. The van der Waals surface area contributed by atoms with Gasteiger partial charge < -0.3 is 10.4 Å². The van der Waals surface area contributed by atoms with Crippen LogP contribution in [-0.4, -0.2) is 23.0 Å². The molecule has 0 heterocycles. The summed E-state index contributed by atoms with van der Waals surface area (Å²) >= 11 is 0. The highest BCUT2D eigenvalue weighted by atomic mass is 16.4. The second-order valence-corrected chi connectivity index (χ2v) is 6.69. The van der Waals surface area contributed by atoms with Crippen LogP contribution in [0.4, 0.5) is 0 Å². The molecule has 0 radical (unpaired) electrons. The number of benzene rings is 1. The largest absolute Gasteiger partial charge is 0.481 e. The topological polar surface area (TPSA) is 66.4 Å². The number of amides is 1. The summed E-state index contributed by atoms with van der Waals surface area (Å²) in [6, 6.07) is 8.10. The molecule has 0 spiro atoms. The van der Waals surface area contributed by atoms with Gasteiger partial charge in [0.05, 0.1) is 11.3 Å². The maximum absolute atomic E-state index is 12.6. The van der Waals surface area contributed by atoms with Gasteiger partial charge in [-0.1, -0.05) is 31.2 Å². The van der Waals surface area contributed by atoms with Crippen molar-refractivity contribution < 1.29 is 14.7 Å². The molecule has 1 aliphatic rings. The Labute approximate surface area is 131 Å². The molecule has 0 bridgehead atoms. The van der Waals surface area contributed by atoms with Crippen LogP contribution in [0.5, 0.6) is 0 Å². The van der Waals surface area contributed by atoms with E-state index in [-0.39, 0.29) is 17.9 Å². The standard InChI is InChI=1S/C18H25NO3/c1-4-12-5-8-14(9-6-12)18(2,3)17(22)19-15-10-7-13(11-15)16(20)21/h5-6,8-9,13,15H,4,7,10-11H2,1-3H3,(H,19,22)(H,20,21)/t13-,15+/m1/s1. The smallest absolute Gasteiger partial charge is 0.306 e. The number of carboxylic acids is 1. The molecule has 0 saturated heterocycles. The molecule has 2 rings (SSSR count). The van der Waals surface area contributed by atoms with Crippen LogP contribution >= 0.6 is 0 Å². The van der Waals surface area contributed by atoms with Crippen molar-refractivity contribution >= 4 is 11.9 Å². The van der Waals surface area contributed by atoms with Gasteiger partial charge in [0, 0.05) is 6.04 Å². The fourth-order valence-electron chi connectivity index (χ4n) is 2.99. The van der Waals surface area contributed by atoms with E-state index in [4.69, 9.17) is 5.11 Å². The first-order valence-electron chi connectivity index (χ1n) is 7.97. The van der Waals surface area contributed by atoms with Crippen molar-refractivity contribution in [3.05, 3.63) is 35.4 Å². The number of nitrogens with one attached hydrogen (secondary N) is 1. The molecule has 120 valence electrons. The molecule has 1 fully saturated rings. The van der Waals surface area contributed by atoms with Crippen molar-refractivity contribution in [3.63, 3.8) is 0 Å². The van der Waals surface area contributed by atoms with E-state index in [0.29, 0.717) is 12.8 Å². The lowest BCUT2D eigenvalue weighted by atomic mass is 9.83. The summed E-state index contributed by atoms with van der Waals surface area (Å²) in [7, 11) is 0. The van der Waals surface area contributed by atoms with E-state index in [9.17, 15) is 9.59 Å². The molecule has 2 N–H and O–H groups in total. The molecule has 1 aromatic rings. The van der Waals surface area contributed by atoms with Gasteiger partial charge in [0.1, 0.15) is 0 Å². The van der Waals surface area contributed by atoms with E-state index in [1.807, 2.05) is 26.0 Å². The Kier molecular flexibility index (Phi) is 4.89. The molecular formula is C18H25NO3. The first-order chi connectivity index (χ1) is 10.3. The van der Waals surface area contributed by atoms with Gasteiger partial charge in [-0.3, -0.25) is 9.59 Å². The Hall–Kier alpha value is -1.84. The van der Waals surface area contributed by atoms with E-state index < -0.39 is 11.4 Å². The van der Waals surface area contributed by atoms with E-state index in [2.05, 4.69) is 24.4 Å². The number of aliphatic carboxylic acids is 1. The Morgan fingerprint density at radius 3 is 2.36 bits per heavy atom. The van der Waals surface area contributed by atoms with Gasteiger partial charge in [-0.15, -0.1) is 0 Å². The highest BCUT2D eigenvalue weighted by molar-refractivity contribution is 5.87. The third-order valence-corrected chi connectivity index (χ3v) is 4.77. The first kappa shape index (κ1) is 16.5. The fourth-order valence-corrected chi connectivity index (χ4v) is 2.99. The molecule has 2 atom stereocenters. The van der Waals surface area contributed by atoms with Crippen LogP contribution in [0.2, 0.25) is 0 Å². The van der Waals surface area contributed by atoms with Crippen molar-refractivity contribution in [1.29, 1.82) is 0 Å². The van der Waals surface area contributed by atoms with Gasteiger partial charge in [-0.25, -0.2) is 0 Å². The predicted molar refractivity (Wildman–Crippen MR) is 85.8 cm³/mol. The lowest BCUT2D eigenvalue weighted by Crippen LogP contribution is -2.44. The Morgan fingerprint density at radius 2 is 1.86 bits per heavy atom. The van der Waals surface area contributed by atoms with Crippen LogP contribution in [-0.2, 0) is 21.4 Å². The third-order valence-electron chi connectivity index (χ3n) is 4.77. The number of aryl methyl sites for hydroxylation is 1. The van der Waals surface area contributed by atoms with E-state index in [1.165, 1.54) is 5.56 Å². The lowest BCUT2D eigenvalue weighted by molar-refractivity contribution is -0.141. The molecule has 1 aliphatic carbocycles. The summed E-state index contributed by atoms with van der Waals surface area (Å²) in [5.41, 5.74) is 1.61. The quantitative estimate of drug-likeness (QED) is 0.879. The zero-order chi connectivity index (χ0) is 16.3. The third kappa shape index (κ3) is 3.49. The molecule has 1 amide bonds. The van der Waals surface area contributed by atoms with Crippen molar-refractivity contribution in [2.45, 2.75) is 57.9 Å². The normalized spacial score (nSPS) is 21.6. The molecule has 0 unspecified atom stereocenters. The fraction of sp³-hybridized carbons (Fsp3) is 0.556. The van der Waals surface area contributed by atoms with Crippen molar-refractivity contribution in [2.24, 2.45) is 5.92 Å². The van der Waals surface area contributed by atoms with Gasteiger partial charge in [-0.05, 0) is 50.7 Å². The predicted octanol–water partition coefficient (Wildman–Crippen LogP) is 2.90. The molecule has 1 saturated carbocycles. The second kappa shape index (κ2) is 6.51. The molecule has 1 aromatic carbocycles. The van der Waals surface area contributed by atoms with Crippen LogP contribution in [0.1, 0.15) is 51.2 Å². The van der Waals surface area contributed by atoms with Crippen molar-refractivity contribution in [1.82, 2.24) is 5.32 Å². The minimum atomic E-state index is -0.758. The van der Waals surface area contributed by atoms with Crippen LogP contribution in [0.15, 0.2) is 24.3 Å². The van der Waals surface area contributed by atoms with Crippen molar-refractivity contribution in [3.8, 4) is 0 Å². The minimum Gasteiger partial charge on any atom is -0.481 e. The van der Waals surface area contributed by atoms with Crippen LogP contribution < -0.4 is 5.32 Å². The summed E-state index contributed by atoms with van der Waals surface area (Å²) in [5.74, 6) is -1.11. The van der Waals surface area contributed by atoms with Gasteiger partial charge in [0.2, 0.25) is 5.91 Å². The number of hydrogen-bond acceptors (Lipinski definition) is 2. The first-order valence-corrected chi connectivity index (χ1v) is 7.97. The summed E-state index contributed by atoms with van der Waals surface area (Å²) < 4.78 is 0. The average molecular weight is 303 g/mol. The summed E-state index contributed by atoms with van der Waals surface area (Å²) in [6.07, 6.45) is 2.90. The van der Waals surface area contributed by atoms with Crippen molar-refractivity contribution in [2.75, 3.05) is 0 Å². The maximum Gasteiger partial charge on any atom is 0.306 e. The lowest BCUT2D eigenvalue weighted by Gasteiger charge is -2.26. The zero-order valence-corrected chi connectivity index (χ0v) is 13.6. The van der Waals surface area contributed by atoms with Gasteiger partial charge in [0.25, 0.3) is 0 Å². The summed E-state index contributed by atoms with van der Waals surface area (Å²) in [5, 5.41) is 12.1. The van der Waals surface area contributed by atoms with Crippen LogP contribution in [0.3, 0.4) is 0 Å². The van der Waals surface area contributed by atoms with E-state index in [1.54, 1.807) is 0 Å². The van der Waals surface area contributed by atoms with Crippen LogP contribution in [0.25, 0.3) is 0 Å². The molecule has 22 heavy (non-hydrogen) atoms. The van der Waals surface area contributed by atoms with E-state index in [0.717, 1.165) is 18.4 Å². The highest BCUT2D eigenvalue weighted by Gasteiger charge is 2.35. The van der Waals surface area contributed by atoms with Gasteiger partial charge in [0.15, 0.2) is 0 Å². The number of carboxylic acid groups (broad SMARTS) is 1. The SMILES string of the molecule is CCc1ccc(C(C)(C)C(=O)N[C@H]2CC[C@@H](C(=O)O)C2)cc1. The van der Waals surface area contributed by atoms with E-state index >= 15 is 0 Å². The summed E-state index contributed by atoms with van der Waals surface area (Å²) in [4.78, 5) is 23.6. The number of hydrogen-bond donors (Lipinski definition) is 2. The Balaban J connectivity index is 2.02. The minimum absolute atomic E-state index is 0.0252. The summed E-state index contributed by atoms with van der Waals surface area (Å²) in [6.45, 7) is 5.92. The molecule has 0 aromatic heterocycles. The van der Waals surface area contributed by atoms with Gasteiger partial charge >= 0.3 is 5.97 Å². The molecule has 4 nitrogen and oxygen atoms in total. The zero-order valence-electron chi connectivity index (χ0n) is 13.6. The second-order valence-electron chi connectivity index (χ2n) is 6.69. The molecule has 4 heteroatoms. The molecule has 0 aliphatic heterocycles. The Bertz CT molecular complexity index is 548.